The molecule has 4 nitrogen and oxygen atoms in total. The van der Waals surface area contributed by atoms with E-state index in [4.69, 9.17) is 0 Å². The van der Waals surface area contributed by atoms with Crippen LogP contribution in [-0.2, 0) is 19.4 Å². The molecule has 2 heterocycles. The Morgan fingerprint density at radius 1 is 1.19 bits per heavy atom. The lowest BCUT2D eigenvalue weighted by atomic mass is 10.0. The van der Waals surface area contributed by atoms with Crippen molar-refractivity contribution in [1.29, 1.82) is 0 Å². The number of carbonyl (C=O) groups excluding carboxylic acids is 1. The normalized spacial score (nSPS) is 12.6. The number of rotatable bonds is 3. The first-order valence-corrected chi connectivity index (χ1v) is 10.4. The van der Waals surface area contributed by atoms with Crippen LogP contribution in [-0.4, -0.2) is 10.5 Å². The average Bonchev–Trinajstić information content (AvgIpc) is 3.02. The van der Waals surface area contributed by atoms with Crippen molar-refractivity contribution in [2.75, 3.05) is 5.32 Å². The van der Waals surface area contributed by atoms with Gasteiger partial charge in [0.2, 0.25) is 5.43 Å². The lowest BCUT2D eigenvalue weighted by Crippen LogP contribution is -2.24. The highest BCUT2D eigenvalue weighted by molar-refractivity contribution is 9.10. The minimum absolute atomic E-state index is 0.179. The number of nitrogens with one attached hydrogen (secondary N) is 1. The molecule has 4 rings (SSSR count). The molecule has 3 aromatic rings. The van der Waals surface area contributed by atoms with Gasteiger partial charge < -0.3 is 9.88 Å². The largest absolute Gasteiger partial charge is 0.346 e. The van der Waals surface area contributed by atoms with Crippen molar-refractivity contribution in [3.63, 3.8) is 0 Å². The molecule has 0 spiro atoms. The maximum absolute atomic E-state index is 13.0. The Morgan fingerprint density at radius 2 is 1.93 bits per heavy atom. The Morgan fingerprint density at radius 3 is 2.67 bits per heavy atom. The molecule has 1 aromatic heterocycles. The molecule has 0 unspecified atom stereocenters. The maximum atomic E-state index is 13.0. The molecule has 0 saturated carbocycles. The van der Waals surface area contributed by atoms with Crippen LogP contribution in [0.1, 0.15) is 34.0 Å². The third-order valence-electron chi connectivity index (χ3n) is 5.08. The fourth-order valence-corrected chi connectivity index (χ4v) is 4.94. The first-order valence-electron chi connectivity index (χ1n) is 8.85. The molecule has 0 radical (unpaired) electrons. The third-order valence-corrected chi connectivity index (χ3v) is 6.00. The van der Waals surface area contributed by atoms with Gasteiger partial charge in [0.05, 0.1) is 5.52 Å². The molecular formula is C21H18Br2N2O2. The van der Waals surface area contributed by atoms with Crippen molar-refractivity contribution in [2.45, 2.75) is 33.2 Å². The van der Waals surface area contributed by atoms with E-state index in [1.807, 2.05) is 42.7 Å². The summed E-state index contributed by atoms with van der Waals surface area (Å²) in [5.74, 6) is -0.362. The summed E-state index contributed by atoms with van der Waals surface area (Å²) in [5, 5.41) is 3.57. The predicted molar refractivity (Wildman–Crippen MR) is 116 cm³/mol. The van der Waals surface area contributed by atoms with Gasteiger partial charge in [-0.05, 0) is 60.7 Å². The molecule has 2 aromatic carbocycles. The van der Waals surface area contributed by atoms with Crippen LogP contribution in [0.4, 0.5) is 5.69 Å². The van der Waals surface area contributed by atoms with Crippen LogP contribution in [0.2, 0.25) is 0 Å². The summed E-state index contributed by atoms with van der Waals surface area (Å²) in [4.78, 5) is 26.0. The lowest BCUT2D eigenvalue weighted by molar-refractivity contribution is 0.102. The minimum atomic E-state index is -0.362. The second-order valence-corrected chi connectivity index (χ2v) is 8.67. The summed E-state index contributed by atoms with van der Waals surface area (Å²) in [6, 6.07) is 7.82. The van der Waals surface area contributed by atoms with Gasteiger partial charge in [0.1, 0.15) is 5.56 Å². The van der Waals surface area contributed by atoms with Crippen LogP contribution in [0.5, 0.6) is 0 Å². The number of aryl methyl sites for hydroxylation is 4. The van der Waals surface area contributed by atoms with Crippen LogP contribution in [0.3, 0.4) is 0 Å². The van der Waals surface area contributed by atoms with Gasteiger partial charge >= 0.3 is 0 Å². The van der Waals surface area contributed by atoms with Gasteiger partial charge in [-0.15, -0.1) is 0 Å². The lowest BCUT2D eigenvalue weighted by Gasteiger charge is -2.15. The number of hydrogen-bond acceptors (Lipinski definition) is 2. The van der Waals surface area contributed by atoms with E-state index in [0.717, 1.165) is 56.2 Å². The van der Waals surface area contributed by atoms with E-state index in [0.29, 0.717) is 5.39 Å². The fraction of sp³-hybridized carbons (Fsp3) is 0.238. The molecule has 0 aliphatic carbocycles. The smallest absolute Gasteiger partial charge is 0.261 e. The van der Waals surface area contributed by atoms with Gasteiger partial charge in [-0.1, -0.05) is 38.8 Å². The molecule has 0 atom stereocenters. The Labute approximate surface area is 173 Å². The Hall–Kier alpha value is -1.92. The van der Waals surface area contributed by atoms with E-state index in [1.54, 1.807) is 6.20 Å². The first kappa shape index (κ1) is 18.4. The molecule has 1 N–H and O–H groups in total. The van der Waals surface area contributed by atoms with Gasteiger partial charge in [-0.25, -0.2) is 0 Å². The number of nitrogens with zero attached hydrogens (tertiary/aromatic N) is 1. The van der Waals surface area contributed by atoms with E-state index in [9.17, 15) is 9.59 Å². The third kappa shape index (κ3) is 3.15. The molecule has 27 heavy (non-hydrogen) atoms. The van der Waals surface area contributed by atoms with Gasteiger partial charge in [-0.3, -0.25) is 9.59 Å². The van der Waals surface area contributed by atoms with Crippen molar-refractivity contribution in [1.82, 2.24) is 4.57 Å². The molecule has 0 saturated heterocycles. The highest BCUT2D eigenvalue weighted by atomic mass is 79.9. The van der Waals surface area contributed by atoms with Crippen LogP contribution in [0, 0.1) is 6.92 Å². The monoisotopic (exact) mass is 488 g/mol. The zero-order chi connectivity index (χ0) is 19.3. The second kappa shape index (κ2) is 6.91. The SMILES string of the molecule is CCc1cc(Br)cc(C)c1NC(=O)c1cn2c3c(cc(Br)cc3c1=O)CC2. The summed E-state index contributed by atoms with van der Waals surface area (Å²) in [6.45, 7) is 4.78. The molecule has 138 valence electrons. The van der Waals surface area contributed by atoms with E-state index in [2.05, 4.69) is 37.2 Å². The summed E-state index contributed by atoms with van der Waals surface area (Å²) < 4.78 is 3.86. The van der Waals surface area contributed by atoms with Crippen molar-refractivity contribution >= 4 is 54.4 Å². The zero-order valence-electron chi connectivity index (χ0n) is 15.0. The quantitative estimate of drug-likeness (QED) is 0.549. The first-order chi connectivity index (χ1) is 12.9. The molecule has 0 bridgehead atoms. The van der Waals surface area contributed by atoms with E-state index in [-0.39, 0.29) is 16.9 Å². The fourth-order valence-electron chi connectivity index (χ4n) is 3.81. The maximum Gasteiger partial charge on any atom is 0.261 e. The standard InChI is InChI=1S/C21H18Br2N2O2/c1-3-12-7-14(22)6-11(2)18(12)24-21(27)17-10-25-5-4-13-8-15(23)9-16(19(13)25)20(17)26/h6-10H,3-5H2,1-2H3,(H,24,27). The zero-order valence-corrected chi connectivity index (χ0v) is 18.2. The van der Waals surface area contributed by atoms with Gasteiger partial charge in [0, 0.05) is 32.8 Å². The van der Waals surface area contributed by atoms with Crippen LogP contribution in [0.15, 0.2) is 44.2 Å². The number of anilines is 1. The number of halogens is 2. The summed E-state index contributed by atoms with van der Waals surface area (Å²) in [7, 11) is 0. The van der Waals surface area contributed by atoms with Crippen molar-refractivity contribution in [2.24, 2.45) is 0 Å². The Kier molecular flexibility index (Phi) is 4.72. The molecule has 1 amide bonds. The summed E-state index contributed by atoms with van der Waals surface area (Å²) >= 11 is 6.98. The molecule has 6 heteroatoms. The minimum Gasteiger partial charge on any atom is -0.346 e. The number of benzene rings is 2. The molecule has 0 fully saturated rings. The highest BCUT2D eigenvalue weighted by Crippen LogP contribution is 2.29. The Balaban J connectivity index is 1.82. The van der Waals surface area contributed by atoms with E-state index >= 15 is 0 Å². The molecular weight excluding hydrogens is 472 g/mol. The highest BCUT2D eigenvalue weighted by Gasteiger charge is 2.22. The van der Waals surface area contributed by atoms with Crippen LogP contribution in [0.25, 0.3) is 10.9 Å². The van der Waals surface area contributed by atoms with Crippen molar-refractivity contribution < 1.29 is 4.79 Å². The van der Waals surface area contributed by atoms with Gasteiger partial charge in [-0.2, -0.15) is 0 Å². The molecule has 1 aliphatic heterocycles. The van der Waals surface area contributed by atoms with Crippen molar-refractivity contribution in [3.05, 3.63) is 71.9 Å². The van der Waals surface area contributed by atoms with Gasteiger partial charge in [0.15, 0.2) is 0 Å². The topological polar surface area (TPSA) is 51.1 Å². The van der Waals surface area contributed by atoms with Crippen LogP contribution < -0.4 is 10.7 Å². The molecule has 1 aliphatic rings. The summed E-state index contributed by atoms with van der Waals surface area (Å²) in [5.41, 5.74) is 4.81. The number of pyridine rings is 1. The van der Waals surface area contributed by atoms with E-state index in [1.165, 1.54) is 0 Å². The summed E-state index contributed by atoms with van der Waals surface area (Å²) in [6.07, 6.45) is 3.35. The van der Waals surface area contributed by atoms with E-state index < -0.39 is 0 Å². The number of aromatic nitrogens is 1. The Bertz CT molecular complexity index is 1170. The number of hydrogen-bond donors (Lipinski definition) is 1. The number of amides is 1. The number of carbonyl (C=O) groups is 1. The predicted octanol–water partition coefficient (Wildman–Crippen LogP) is 5.21. The average molecular weight is 490 g/mol. The van der Waals surface area contributed by atoms with Gasteiger partial charge in [0.25, 0.3) is 5.91 Å². The van der Waals surface area contributed by atoms with Crippen LogP contribution >= 0.6 is 31.9 Å². The second-order valence-electron chi connectivity index (χ2n) is 6.84. The van der Waals surface area contributed by atoms with Crippen molar-refractivity contribution in [3.8, 4) is 0 Å².